The predicted octanol–water partition coefficient (Wildman–Crippen LogP) is 0.970. The molecule has 0 saturated carbocycles. The summed E-state index contributed by atoms with van der Waals surface area (Å²) in [4.78, 5) is 36.9. The van der Waals surface area contributed by atoms with E-state index in [1.165, 1.54) is 0 Å². The Kier molecular flexibility index (Phi) is 10.8. The largest absolute Gasteiger partial charge is 0.464 e. The molecule has 0 spiro atoms. The van der Waals surface area contributed by atoms with Crippen LogP contribution in [0.5, 0.6) is 0 Å². The lowest BCUT2D eigenvalue weighted by Gasteiger charge is -2.28. The summed E-state index contributed by atoms with van der Waals surface area (Å²) in [5.41, 5.74) is 0. The monoisotopic (exact) mass is 342 g/mol. The summed E-state index contributed by atoms with van der Waals surface area (Å²) >= 11 is 11.1. The second-order valence-electron chi connectivity index (χ2n) is 3.71. The Balaban J connectivity index is 5.20. The molecular weight excluding hydrogens is 323 g/mol. The van der Waals surface area contributed by atoms with Gasteiger partial charge < -0.3 is 19.7 Å². The molecule has 122 valence electrons. The SMILES string of the molecule is CCOC(=O)C(C(=O)OCC)N(CCCl)C(=O)NCCCl. The molecule has 0 aliphatic rings. The third-order valence-corrected chi connectivity index (χ3v) is 2.65. The van der Waals surface area contributed by atoms with Gasteiger partial charge in [0.05, 0.1) is 13.2 Å². The van der Waals surface area contributed by atoms with Crippen molar-refractivity contribution >= 4 is 41.2 Å². The lowest BCUT2D eigenvalue weighted by atomic mass is 10.2. The highest BCUT2D eigenvalue weighted by Gasteiger charge is 2.38. The van der Waals surface area contributed by atoms with E-state index in [2.05, 4.69) is 5.32 Å². The standard InChI is InChI=1S/C12H20Cl2N2O5/c1-3-20-10(17)9(11(18)21-4-2)16(8-6-14)12(19)15-7-5-13/h9H,3-8H2,1-2H3,(H,15,19). The molecule has 0 aromatic rings. The summed E-state index contributed by atoms with van der Waals surface area (Å²) in [5.74, 6) is -1.47. The zero-order valence-corrected chi connectivity index (χ0v) is 13.6. The molecule has 0 atom stereocenters. The van der Waals surface area contributed by atoms with Gasteiger partial charge in [-0.25, -0.2) is 14.4 Å². The van der Waals surface area contributed by atoms with E-state index >= 15 is 0 Å². The summed E-state index contributed by atoms with van der Waals surface area (Å²) in [6.07, 6.45) is 0. The molecule has 0 rings (SSSR count). The quantitative estimate of drug-likeness (QED) is 0.383. The van der Waals surface area contributed by atoms with E-state index in [1.54, 1.807) is 13.8 Å². The first kappa shape index (κ1) is 19.8. The number of halogens is 2. The van der Waals surface area contributed by atoms with Crippen molar-refractivity contribution < 1.29 is 23.9 Å². The number of nitrogens with one attached hydrogen (secondary N) is 1. The highest BCUT2D eigenvalue weighted by molar-refractivity contribution is 6.18. The van der Waals surface area contributed by atoms with Crippen LogP contribution in [0.2, 0.25) is 0 Å². The van der Waals surface area contributed by atoms with Gasteiger partial charge in [0, 0.05) is 24.8 Å². The van der Waals surface area contributed by atoms with Crippen LogP contribution < -0.4 is 5.32 Å². The van der Waals surface area contributed by atoms with Crippen LogP contribution in [0.15, 0.2) is 0 Å². The van der Waals surface area contributed by atoms with Crippen molar-refractivity contribution in [3.63, 3.8) is 0 Å². The van der Waals surface area contributed by atoms with Gasteiger partial charge in [0.25, 0.3) is 0 Å². The second-order valence-corrected chi connectivity index (χ2v) is 4.47. The highest BCUT2D eigenvalue weighted by atomic mass is 35.5. The molecule has 0 saturated heterocycles. The van der Waals surface area contributed by atoms with Crippen molar-refractivity contribution in [2.24, 2.45) is 0 Å². The average Bonchev–Trinajstić information content (AvgIpc) is 2.44. The van der Waals surface area contributed by atoms with Crippen molar-refractivity contribution in [1.29, 1.82) is 0 Å². The van der Waals surface area contributed by atoms with Gasteiger partial charge >= 0.3 is 18.0 Å². The fraction of sp³-hybridized carbons (Fsp3) is 0.750. The van der Waals surface area contributed by atoms with Crippen molar-refractivity contribution in [3.8, 4) is 0 Å². The van der Waals surface area contributed by atoms with Crippen LogP contribution in [0.1, 0.15) is 13.8 Å². The molecule has 9 heteroatoms. The van der Waals surface area contributed by atoms with E-state index < -0.39 is 24.0 Å². The first-order valence-corrected chi connectivity index (χ1v) is 7.59. The van der Waals surface area contributed by atoms with Crippen LogP contribution in [0.25, 0.3) is 0 Å². The van der Waals surface area contributed by atoms with Gasteiger partial charge in [0.1, 0.15) is 0 Å². The molecule has 0 heterocycles. The molecule has 0 unspecified atom stereocenters. The fourth-order valence-electron chi connectivity index (χ4n) is 1.49. The minimum Gasteiger partial charge on any atom is -0.464 e. The Labute approximate surface area is 133 Å². The number of amides is 2. The minimum atomic E-state index is -1.49. The lowest BCUT2D eigenvalue weighted by molar-refractivity contribution is -0.162. The molecule has 2 amide bonds. The highest BCUT2D eigenvalue weighted by Crippen LogP contribution is 2.07. The third-order valence-electron chi connectivity index (χ3n) is 2.29. The van der Waals surface area contributed by atoms with Crippen molar-refractivity contribution in [3.05, 3.63) is 0 Å². The maximum atomic E-state index is 12.0. The molecule has 0 fully saturated rings. The van der Waals surface area contributed by atoms with Gasteiger partial charge in [-0.3, -0.25) is 0 Å². The summed E-state index contributed by atoms with van der Waals surface area (Å²) in [5, 5.41) is 2.47. The van der Waals surface area contributed by atoms with Crippen LogP contribution in [0.3, 0.4) is 0 Å². The fourth-order valence-corrected chi connectivity index (χ4v) is 1.76. The Morgan fingerprint density at radius 2 is 1.57 bits per heavy atom. The molecule has 0 bridgehead atoms. The molecular formula is C12H20Cl2N2O5. The molecule has 0 aliphatic heterocycles. The molecule has 7 nitrogen and oxygen atoms in total. The van der Waals surface area contributed by atoms with E-state index in [9.17, 15) is 14.4 Å². The van der Waals surface area contributed by atoms with Crippen LogP contribution >= 0.6 is 23.2 Å². The normalized spacial score (nSPS) is 10.1. The third kappa shape index (κ3) is 6.86. The van der Waals surface area contributed by atoms with E-state index in [0.717, 1.165) is 4.90 Å². The number of rotatable bonds is 9. The number of ether oxygens (including phenoxy) is 2. The first-order valence-electron chi connectivity index (χ1n) is 6.53. The predicted molar refractivity (Wildman–Crippen MR) is 78.6 cm³/mol. The van der Waals surface area contributed by atoms with Gasteiger partial charge in [-0.15, -0.1) is 23.2 Å². The Hall–Kier alpha value is -1.21. The number of carbonyl (C=O) groups is 3. The first-order chi connectivity index (χ1) is 10.0. The average molecular weight is 343 g/mol. The van der Waals surface area contributed by atoms with Gasteiger partial charge in [0.2, 0.25) is 6.04 Å². The number of nitrogens with zero attached hydrogens (tertiary/aromatic N) is 1. The van der Waals surface area contributed by atoms with Crippen molar-refractivity contribution in [1.82, 2.24) is 10.2 Å². The lowest BCUT2D eigenvalue weighted by Crippen LogP contribution is -2.55. The zero-order valence-electron chi connectivity index (χ0n) is 12.1. The smallest absolute Gasteiger partial charge is 0.340 e. The Morgan fingerprint density at radius 1 is 1.05 bits per heavy atom. The number of alkyl halides is 2. The van der Waals surface area contributed by atoms with Gasteiger partial charge in [-0.2, -0.15) is 0 Å². The number of carbonyl (C=O) groups excluding carboxylic acids is 3. The van der Waals surface area contributed by atoms with Crippen molar-refractivity contribution in [2.75, 3.05) is 38.1 Å². The molecule has 21 heavy (non-hydrogen) atoms. The van der Waals surface area contributed by atoms with E-state index in [4.69, 9.17) is 32.7 Å². The number of hydrogen-bond acceptors (Lipinski definition) is 5. The van der Waals surface area contributed by atoms with Crippen LogP contribution in [0, 0.1) is 0 Å². The van der Waals surface area contributed by atoms with Crippen LogP contribution in [-0.4, -0.2) is 67.0 Å². The van der Waals surface area contributed by atoms with Gasteiger partial charge in [-0.05, 0) is 13.8 Å². The summed E-state index contributed by atoms with van der Waals surface area (Å²) in [7, 11) is 0. The maximum Gasteiger partial charge on any atom is 0.340 e. The topological polar surface area (TPSA) is 84.9 Å². The molecule has 0 aliphatic carbocycles. The Morgan fingerprint density at radius 3 is 1.95 bits per heavy atom. The summed E-state index contributed by atoms with van der Waals surface area (Å²) in [6, 6.07) is -2.12. The summed E-state index contributed by atoms with van der Waals surface area (Å²) in [6.45, 7) is 3.52. The van der Waals surface area contributed by atoms with E-state index in [0.29, 0.717) is 0 Å². The number of hydrogen-bond donors (Lipinski definition) is 1. The van der Waals surface area contributed by atoms with Gasteiger partial charge in [0.15, 0.2) is 0 Å². The zero-order chi connectivity index (χ0) is 16.3. The van der Waals surface area contributed by atoms with E-state index in [-0.39, 0.29) is 38.1 Å². The molecule has 1 N–H and O–H groups in total. The number of esters is 2. The second kappa shape index (κ2) is 11.4. The van der Waals surface area contributed by atoms with Crippen molar-refractivity contribution in [2.45, 2.75) is 19.9 Å². The minimum absolute atomic E-state index is 0.0159. The Bertz CT molecular complexity index is 337. The number of urea groups is 1. The molecule has 0 radical (unpaired) electrons. The molecule has 0 aromatic heterocycles. The maximum absolute atomic E-state index is 12.0. The van der Waals surface area contributed by atoms with Gasteiger partial charge in [-0.1, -0.05) is 0 Å². The van der Waals surface area contributed by atoms with Crippen LogP contribution in [-0.2, 0) is 19.1 Å². The van der Waals surface area contributed by atoms with E-state index in [1.807, 2.05) is 0 Å². The summed E-state index contributed by atoms with van der Waals surface area (Å²) < 4.78 is 9.65. The van der Waals surface area contributed by atoms with Crippen LogP contribution in [0.4, 0.5) is 4.79 Å². The molecule has 0 aromatic carbocycles.